The minimum atomic E-state index is -0.737. The number of urea groups is 1. The molecule has 1 saturated carbocycles. The van der Waals surface area contributed by atoms with E-state index in [1.807, 2.05) is 24.3 Å². The van der Waals surface area contributed by atoms with Crippen molar-refractivity contribution in [3.63, 3.8) is 0 Å². The Hall–Kier alpha value is -2.77. The van der Waals surface area contributed by atoms with Gasteiger partial charge >= 0.3 is 6.03 Å². The highest BCUT2D eigenvalue weighted by Crippen LogP contribution is 2.39. The molecule has 0 N–H and O–H groups in total. The van der Waals surface area contributed by atoms with E-state index in [-0.39, 0.29) is 24.4 Å². The largest absolute Gasteiger partial charge is 0.497 e. The Labute approximate surface area is 183 Å². The molecule has 1 aromatic rings. The first-order valence-electron chi connectivity index (χ1n) is 11.2. The van der Waals surface area contributed by atoms with Crippen LogP contribution < -0.4 is 9.64 Å². The first-order chi connectivity index (χ1) is 15.0. The predicted octanol–water partition coefficient (Wildman–Crippen LogP) is 2.33. The summed E-state index contributed by atoms with van der Waals surface area (Å²) in [6.45, 7) is 2.60. The summed E-state index contributed by atoms with van der Waals surface area (Å²) >= 11 is 0. The Morgan fingerprint density at radius 1 is 0.968 bits per heavy atom. The molecule has 0 radical (unpaired) electrons. The zero-order valence-electron chi connectivity index (χ0n) is 18.5. The second-order valence-electron chi connectivity index (χ2n) is 8.74. The zero-order valence-corrected chi connectivity index (χ0v) is 18.5. The van der Waals surface area contributed by atoms with E-state index in [2.05, 4.69) is 4.90 Å². The van der Waals surface area contributed by atoms with Crippen molar-refractivity contribution in [1.82, 2.24) is 14.7 Å². The van der Waals surface area contributed by atoms with Crippen LogP contribution in [0.2, 0.25) is 0 Å². The maximum atomic E-state index is 13.2. The van der Waals surface area contributed by atoms with Crippen LogP contribution in [0.4, 0.5) is 10.5 Å². The summed E-state index contributed by atoms with van der Waals surface area (Å²) in [4.78, 5) is 45.8. The number of ether oxygens (including phenoxy) is 1. The van der Waals surface area contributed by atoms with Crippen LogP contribution in [0, 0.1) is 0 Å². The van der Waals surface area contributed by atoms with Crippen LogP contribution in [0.15, 0.2) is 24.3 Å². The molecule has 3 fully saturated rings. The van der Waals surface area contributed by atoms with Gasteiger partial charge in [-0.2, -0.15) is 0 Å². The SMILES string of the molecule is COc1ccc(N2CCCN(C(=O)CN3C(=O)N(C)C4(CCCCC4)C3=O)CC2)cc1. The summed E-state index contributed by atoms with van der Waals surface area (Å²) in [5.74, 6) is 0.471. The minimum Gasteiger partial charge on any atom is -0.497 e. The van der Waals surface area contributed by atoms with E-state index >= 15 is 0 Å². The number of nitrogens with zero attached hydrogens (tertiary/aromatic N) is 4. The topological polar surface area (TPSA) is 73.4 Å². The molecule has 4 amide bonds. The lowest BCUT2D eigenvalue weighted by Gasteiger charge is -2.35. The van der Waals surface area contributed by atoms with Crippen LogP contribution in [-0.4, -0.2) is 85.0 Å². The maximum absolute atomic E-state index is 13.2. The standard InChI is InChI=1S/C23H32N4O4/c1-24-22(30)27(21(29)23(24)11-4-3-5-12-23)17-20(28)26-14-6-13-25(15-16-26)18-7-9-19(31-2)10-8-18/h7-10H,3-6,11-17H2,1-2H3. The van der Waals surface area contributed by atoms with Crippen LogP contribution in [0.1, 0.15) is 38.5 Å². The Morgan fingerprint density at radius 3 is 2.35 bits per heavy atom. The van der Waals surface area contributed by atoms with Crippen LogP contribution in [0.3, 0.4) is 0 Å². The zero-order chi connectivity index (χ0) is 22.0. The van der Waals surface area contributed by atoms with Crippen molar-refractivity contribution in [2.75, 3.05) is 51.8 Å². The number of likely N-dealkylation sites (N-methyl/N-ethyl adjacent to an activating group) is 1. The molecule has 2 saturated heterocycles. The van der Waals surface area contributed by atoms with Gasteiger partial charge in [-0.05, 0) is 43.5 Å². The van der Waals surface area contributed by atoms with Gasteiger partial charge in [-0.15, -0.1) is 0 Å². The highest BCUT2D eigenvalue weighted by Gasteiger charge is 2.56. The molecular formula is C23H32N4O4. The summed E-state index contributed by atoms with van der Waals surface area (Å²) in [5.41, 5.74) is 0.361. The molecule has 1 aromatic carbocycles. The molecule has 0 atom stereocenters. The molecule has 2 aliphatic heterocycles. The summed E-state index contributed by atoms with van der Waals surface area (Å²) < 4.78 is 5.22. The molecule has 168 valence electrons. The molecule has 0 bridgehead atoms. The summed E-state index contributed by atoms with van der Waals surface area (Å²) in [5, 5.41) is 0. The fourth-order valence-corrected chi connectivity index (χ4v) is 5.12. The number of carbonyl (C=O) groups excluding carboxylic acids is 3. The summed E-state index contributed by atoms with van der Waals surface area (Å²) in [6.07, 6.45) is 5.20. The molecule has 0 unspecified atom stereocenters. The fraction of sp³-hybridized carbons (Fsp3) is 0.609. The van der Waals surface area contributed by atoms with Crippen molar-refractivity contribution in [1.29, 1.82) is 0 Å². The van der Waals surface area contributed by atoms with E-state index in [4.69, 9.17) is 4.74 Å². The molecule has 8 nitrogen and oxygen atoms in total. The van der Waals surface area contributed by atoms with Gasteiger partial charge < -0.3 is 19.4 Å². The first-order valence-corrected chi connectivity index (χ1v) is 11.2. The van der Waals surface area contributed by atoms with Gasteiger partial charge in [0.1, 0.15) is 17.8 Å². The van der Waals surface area contributed by atoms with Gasteiger partial charge in [0.2, 0.25) is 5.91 Å². The van der Waals surface area contributed by atoms with Gasteiger partial charge in [0, 0.05) is 38.9 Å². The lowest BCUT2D eigenvalue weighted by Crippen LogP contribution is -2.49. The monoisotopic (exact) mass is 428 g/mol. The van der Waals surface area contributed by atoms with Crippen molar-refractivity contribution in [2.24, 2.45) is 0 Å². The van der Waals surface area contributed by atoms with Crippen LogP contribution in [0.5, 0.6) is 5.75 Å². The average Bonchev–Trinajstić information content (AvgIpc) is 3.01. The van der Waals surface area contributed by atoms with Gasteiger partial charge in [0.15, 0.2) is 0 Å². The average molecular weight is 429 g/mol. The number of anilines is 1. The Morgan fingerprint density at radius 2 is 1.68 bits per heavy atom. The molecule has 1 aliphatic carbocycles. The van der Waals surface area contributed by atoms with Gasteiger partial charge in [0.25, 0.3) is 5.91 Å². The van der Waals surface area contributed by atoms with Gasteiger partial charge in [-0.1, -0.05) is 19.3 Å². The van der Waals surface area contributed by atoms with Crippen LogP contribution >= 0.6 is 0 Å². The highest BCUT2D eigenvalue weighted by molar-refractivity contribution is 6.08. The van der Waals surface area contributed by atoms with Crippen molar-refractivity contribution in [3.05, 3.63) is 24.3 Å². The smallest absolute Gasteiger partial charge is 0.327 e. The third-order valence-electron chi connectivity index (χ3n) is 7.06. The van der Waals surface area contributed by atoms with E-state index in [0.717, 1.165) is 43.7 Å². The van der Waals surface area contributed by atoms with Crippen molar-refractivity contribution in [3.8, 4) is 5.75 Å². The second kappa shape index (κ2) is 8.77. The number of methoxy groups -OCH3 is 1. The third-order valence-corrected chi connectivity index (χ3v) is 7.06. The molecule has 3 aliphatic rings. The maximum Gasteiger partial charge on any atom is 0.327 e. The highest BCUT2D eigenvalue weighted by atomic mass is 16.5. The number of hydrogen-bond acceptors (Lipinski definition) is 5. The number of rotatable bonds is 4. The van der Waals surface area contributed by atoms with Crippen molar-refractivity contribution < 1.29 is 19.1 Å². The Bertz CT molecular complexity index is 834. The number of carbonyl (C=O) groups is 3. The number of amides is 4. The van der Waals surface area contributed by atoms with E-state index in [9.17, 15) is 14.4 Å². The first kappa shape index (κ1) is 21.5. The number of hydrogen-bond donors (Lipinski definition) is 0. The lowest BCUT2D eigenvalue weighted by atomic mass is 9.81. The normalized spacial score (nSPS) is 21.6. The molecule has 2 heterocycles. The van der Waals surface area contributed by atoms with E-state index in [1.165, 1.54) is 4.90 Å². The molecular weight excluding hydrogens is 396 g/mol. The van der Waals surface area contributed by atoms with E-state index < -0.39 is 5.54 Å². The quantitative estimate of drug-likeness (QED) is 0.689. The van der Waals surface area contributed by atoms with Crippen molar-refractivity contribution >= 4 is 23.5 Å². The molecule has 0 aromatic heterocycles. The summed E-state index contributed by atoms with van der Waals surface area (Å²) in [6, 6.07) is 7.58. The Kier molecular flexibility index (Phi) is 6.07. The predicted molar refractivity (Wildman–Crippen MR) is 117 cm³/mol. The second-order valence-corrected chi connectivity index (χ2v) is 8.74. The minimum absolute atomic E-state index is 0.153. The van der Waals surface area contributed by atoms with E-state index in [1.54, 1.807) is 24.0 Å². The molecule has 8 heteroatoms. The number of imide groups is 1. The van der Waals surface area contributed by atoms with Gasteiger partial charge in [-0.3, -0.25) is 14.5 Å². The van der Waals surface area contributed by atoms with Gasteiger partial charge in [0.05, 0.1) is 7.11 Å². The van der Waals surface area contributed by atoms with Crippen molar-refractivity contribution in [2.45, 2.75) is 44.1 Å². The Balaban J connectivity index is 1.38. The third kappa shape index (κ3) is 3.95. The molecule has 1 spiro atoms. The molecule has 31 heavy (non-hydrogen) atoms. The van der Waals surface area contributed by atoms with Crippen LogP contribution in [0.25, 0.3) is 0 Å². The summed E-state index contributed by atoms with van der Waals surface area (Å²) in [7, 11) is 3.35. The van der Waals surface area contributed by atoms with E-state index in [0.29, 0.717) is 32.5 Å². The fourth-order valence-electron chi connectivity index (χ4n) is 5.12. The number of benzene rings is 1. The molecule has 4 rings (SSSR count). The van der Waals surface area contributed by atoms with Gasteiger partial charge in [-0.25, -0.2) is 4.79 Å². The van der Waals surface area contributed by atoms with Crippen LogP contribution in [-0.2, 0) is 9.59 Å². The lowest BCUT2D eigenvalue weighted by molar-refractivity contribution is -0.140.